The van der Waals surface area contributed by atoms with E-state index in [1.165, 1.54) is 11.8 Å². The summed E-state index contributed by atoms with van der Waals surface area (Å²) in [4.78, 5) is 26.3. The van der Waals surface area contributed by atoms with Crippen LogP contribution >= 0.6 is 11.8 Å². The van der Waals surface area contributed by atoms with Gasteiger partial charge in [0.1, 0.15) is 5.03 Å². The van der Waals surface area contributed by atoms with Crippen LogP contribution in [0.15, 0.2) is 47.5 Å². The van der Waals surface area contributed by atoms with Crippen LogP contribution in [0.5, 0.6) is 0 Å². The lowest BCUT2D eigenvalue weighted by Gasteiger charge is -2.30. The summed E-state index contributed by atoms with van der Waals surface area (Å²) in [5.41, 5.74) is 0.564. The number of nitrogens with zero attached hydrogens (tertiary/aromatic N) is 3. The molecule has 0 bridgehead atoms. The number of carbonyl (C=O) groups is 2. The first-order chi connectivity index (χ1) is 12.6. The third kappa shape index (κ3) is 5.05. The Hall–Kier alpha value is -2.41. The molecule has 1 aliphatic rings. The fourth-order valence-electron chi connectivity index (χ4n) is 2.73. The van der Waals surface area contributed by atoms with Crippen LogP contribution in [0.3, 0.4) is 0 Å². The molecule has 3 rings (SSSR count). The quantitative estimate of drug-likeness (QED) is 0.819. The molecule has 0 saturated carbocycles. The number of anilines is 1. The lowest BCUT2D eigenvalue weighted by Crippen LogP contribution is -2.38. The highest BCUT2D eigenvalue weighted by Crippen LogP contribution is 2.20. The van der Waals surface area contributed by atoms with Gasteiger partial charge in [-0.1, -0.05) is 36.9 Å². The largest absolute Gasteiger partial charge is 0.342 e. The Balaban J connectivity index is 1.48. The molecule has 1 fully saturated rings. The molecule has 0 unspecified atom stereocenters. The normalized spacial score (nSPS) is 14.9. The molecule has 6 nitrogen and oxygen atoms in total. The van der Waals surface area contributed by atoms with Crippen molar-refractivity contribution < 1.29 is 9.59 Å². The smallest absolute Gasteiger partial charge is 0.256 e. The maximum Gasteiger partial charge on any atom is 0.256 e. The molecule has 0 radical (unpaired) electrons. The van der Waals surface area contributed by atoms with Crippen molar-refractivity contribution in [2.24, 2.45) is 5.92 Å². The molecule has 2 amide bonds. The van der Waals surface area contributed by atoms with Gasteiger partial charge in [-0.2, -0.15) is 0 Å². The van der Waals surface area contributed by atoms with Crippen LogP contribution in [0.1, 0.15) is 30.1 Å². The van der Waals surface area contributed by atoms with Gasteiger partial charge in [-0.25, -0.2) is 0 Å². The second-order valence-electron chi connectivity index (χ2n) is 6.43. The van der Waals surface area contributed by atoms with E-state index in [1.54, 1.807) is 36.4 Å². The highest BCUT2D eigenvalue weighted by Gasteiger charge is 2.20. The average molecular weight is 370 g/mol. The fourth-order valence-corrected chi connectivity index (χ4v) is 3.44. The Bertz CT molecular complexity index is 744. The number of aromatic nitrogens is 2. The highest BCUT2D eigenvalue weighted by molar-refractivity contribution is 7.99. The zero-order chi connectivity index (χ0) is 18.4. The monoisotopic (exact) mass is 370 g/mol. The number of likely N-dealkylation sites (tertiary alicyclic amines) is 1. The average Bonchev–Trinajstić information content (AvgIpc) is 2.68. The van der Waals surface area contributed by atoms with Crippen LogP contribution in [-0.2, 0) is 4.79 Å². The van der Waals surface area contributed by atoms with Gasteiger partial charge in [-0.3, -0.25) is 9.59 Å². The van der Waals surface area contributed by atoms with Crippen molar-refractivity contribution in [1.82, 2.24) is 15.1 Å². The number of rotatable bonds is 5. The maximum atomic E-state index is 12.2. The van der Waals surface area contributed by atoms with Gasteiger partial charge < -0.3 is 10.2 Å². The van der Waals surface area contributed by atoms with E-state index < -0.39 is 0 Å². The Morgan fingerprint density at radius 1 is 1.12 bits per heavy atom. The molecule has 0 spiro atoms. The number of nitrogens with one attached hydrogen (secondary N) is 1. The van der Waals surface area contributed by atoms with Crippen LogP contribution < -0.4 is 5.32 Å². The Kier molecular flexibility index (Phi) is 6.22. The first kappa shape index (κ1) is 18.4. The van der Waals surface area contributed by atoms with E-state index >= 15 is 0 Å². The summed E-state index contributed by atoms with van der Waals surface area (Å²) in [5, 5.41) is 11.5. The summed E-state index contributed by atoms with van der Waals surface area (Å²) >= 11 is 1.37. The molecule has 7 heteroatoms. The van der Waals surface area contributed by atoms with E-state index in [4.69, 9.17) is 0 Å². The minimum Gasteiger partial charge on any atom is -0.342 e. The number of amides is 2. The minimum absolute atomic E-state index is 0.144. The van der Waals surface area contributed by atoms with Gasteiger partial charge in [0.25, 0.3) is 5.91 Å². The van der Waals surface area contributed by atoms with E-state index in [0.29, 0.717) is 28.1 Å². The summed E-state index contributed by atoms with van der Waals surface area (Å²) in [7, 11) is 0. The van der Waals surface area contributed by atoms with E-state index in [1.807, 2.05) is 11.0 Å². The van der Waals surface area contributed by atoms with Gasteiger partial charge in [0.2, 0.25) is 5.91 Å². The lowest BCUT2D eigenvalue weighted by atomic mass is 9.99. The molecule has 2 heterocycles. The lowest BCUT2D eigenvalue weighted by molar-refractivity contribution is -0.129. The van der Waals surface area contributed by atoms with Crippen molar-refractivity contribution in [1.29, 1.82) is 0 Å². The van der Waals surface area contributed by atoms with Gasteiger partial charge >= 0.3 is 0 Å². The molecule has 26 heavy (non-hydrogen) atoms. The van der Waals surface area contributed by atoms with Crippen molar-refractivity contribution in [3.05, 3.63) is 48.0 Å². The molecule has 1 N–H and O–H groups in total. The van der Waals surface area contributed by atoms with E-state index in [9.17, 15) is 9.59 Å². The van der Waals surface area contributed by atoms with Gasteiger partial charge in [0, 0.05) is 18.7 Å². The predicted molar refractivity (Wildman–Crippen MR) is 102 cm³/mol. The molecule has 1 aromatic carbocycles. The summed E-state index contributed by atoms with van der Waals surface area (Å²) in [6, 6.07) is 12.4. The summed E-state index contributed by atoms with van der Waals surface area (Å²) in [6.07, 6.45) is 2.15. The Morgan fingerprint density at radius 3 is 2.50 bits per heavy atom. The standard InChI is InChI=1S/C19H22N4O2S/c1-14-9-11-23(12-10-14)18(24)13-26-17-8-7-16(21-22-17)20-19(25)15-5-3-2-4-6-15/h2-8,14H,9-13H2,1H3,(H,20,21,25). The fraction of sp³-hybridized carbons (Fsp3) is 0.368. The summed E-state index contributed by atoms with van der Waals surface area (Å²) in [6.45, 7) is 3.91. The zero-order valence-electron chi connectivity index (χ0n) is 14.7. The maximum absolute atomic E-state index is 12.2. The van der Waals surface area contributed by atoms with E-state index in [2.05, 4.69) is 22.4 Å². The van der Waals surface area contributed by atoms with Crippen molar-refractivity contribution in [2.45, 2.75) is 24.8 Å². The molecule has 0 aliphatic carbocycles. The van der Waals surface area contributed by atoms with Gasteiger partial charge in [-0.15, -0.1) is 10.2 Å². The SMILES string of the molecule is CC1CCN(C(=O)CSc2ccc(NC(=O)c3ccccc3)nn2)CC1. The third-order valence-corrected chi connectivity index (χ3v) is 5.30. The molecule has 1 aliphatic heterocycles. The van der Waals surface area contributed by atoms with Crippen LogP contribution in [0.4, 0.5) is 5.82 Å². The van der Waals surface area contributed by atoms with Crippen LogP contribution in [0, 0.1) is 5.92 Å². The predicted octanol–water partition coefficient (Wildman–Crippen LogP) is 3.08. The first-order valence-electron chi connectivity index (χ1n) is 8.72. The molecule has 2 aromatic rings. The van der Waals surface area contributed by atoms with Crippen LogP contribution in [0.25, 0.3) is 0 Å². The molecule has 136 valence electrons. The zero-order valence-corrected chi connectivity index (χ0v) is 15.5. The summed E-state index contributed by atoms with van der Waals surface area (Å²) < 4.78 is 0. The molecule has 1 aromatic heterocycles. The Morgan fingerprint density at radius 2 is 1.85 bits per heavy atom. The van der Waals surface area contributed by atoms with E-state index in [0.717, 1.165) is 25.9 Å². The number of piperidine rings is 1. The topological polar surface area (TPSA) is 75.2 Å². The molecule has 0 atom stereocenters. The Labute approximate surface area is 157 Å². The molecular formula is C19H22N4O2S. The number of carbonyl (C=O) groups excluding carboxylic acids is 2. The van der Waals surface area contributed by atoms with Crippen molar-refractivity contribution >= 4 is 29.4 Å². The van der Waals surface area contributed by atoms with Crippen molar-refractivity contribution in [2.75, 3.05) is 24.2 Å². The van der Waals surface area contributed by atoms with Crippen molar-refractivity contribution in [3.63, 3.8) is 0 Å². The van der Waals surface area contributed by atoms with E-state index in [-0.39, 0.29) is 11.8 Å². The van der Waals surface area contributed by atoms with Gasteiger partial charge in [-0.05, 0) is 43.0 Å². The number of hydrogen-bond acceptors (Lipinski definition) is 5. The third-order valence-electron chi connectivity index (χ3n) is 4.40. The first-order valence-corrected chi connectivity index (χ1v) is 9.71. The minimum atomic E-state index is -0.227. The molecule has 1 saturated heterocycles. The second kappa shape index (κ2) is 8.80. The number of hydrogen-bond donors (Lipinski definition) is 1. The van der Waals surface area contributed by atoms with Crippen LogP contribution in [-0.4, -0.2) is 45.8 Å². The van der Waals surface area contributed by atoms with Crippen molar-refractivity contribution in [3.8, 4) is 0 Å². The van der Waals surface area contributed by atoms with Gasteiger partial charge in [0.15, 0.2) is 5.82 Å². The van der Waals surface area contributed by atoms with Gasteiger partial charge in [0.05, 0.1) is 5.75 Å². The summed E-state index contributed by atoms with van der Waals surface area (Å²) in [5.74, 6) is 1.37. The highest BCUT2D eigenvalue weighted by atomic mass is 32.2. The number of thioether (sulfide) groups is 1. The number of benzene rings is 1. The second-order valence-corrected chi connectivity index (χ2v) is 7.42. The molecular weight excluding hydrogens is 348 g/mol. The van der Waals surface area contributed by atoms with Crippen LogP contribution in [0.2, 0.25) is 0 Å².